The van der Waals surface area contributed by atoms with Crippen molar-refractivity contribution in [1.29, 1.82) is 0 Å². The van der Waals surface area contributed by atoms with Gasteiger partial charge in [0.2, 0.25) is 0 Å². The second kappa shape index (κ2) is 7.28. The van der Waals surface area contributed by atoms with E-state index in [1.807, 2.05) is 0 Å². The van der Waals surface area contributed by atoms with Crippen LogP contribution in [0.3, 0.4) is 0 Å². The van der Waals surface area contributed by atoms with E-state index in [-0.39, 0.29) is 11.4 Å². The monoisotopic (exact) mass is 333 g/mol. The number of rotatable bonds is 6. The van der Waals surface area contributed by atoms with Gasteiger partial charge >= 0.3 is 5.97 Å². The molecule has 23 heavy (non-hydrogen) atoms. The van der Waals surface area contributed by atoms with Crippen LogP contribution in [0.5, 0.6) is 0 Å². The van der Waals surface area contributed by atoms with Gasteiger partial charge in [-0.05, 0) is 50.2 Å². The van der Waals surface area contributed by atoms with Gasteiger partial charge in [-0.2, -0.15) is 0 Å². The molecule has 2 aromatic carbocycles. The molecule has 2 rings (SSSR count). The number of hydrogen-bond donors (Lipinski definition) is 0. The summed E-state index contributed by atoms with van der Waals surface area (Å²) in [6.07, 6.45) is 0. The molecule has 0 atom stereocenters. The van der Waals surface area contributed by atoms with Crippen molar-refractivity contribution in [2.45, 2.75) is 18.7 Å². The van der Waals surface area contributed by atoms with E-state index >= 15 is 0 Å². The van der Waals surface area contributed by atoms with Crippen molar-refractivity contribution in [3.8, 4) is 0 Å². The van der Waals surface area contributed by atoms with Gasteiger partial charge in [0, 0.05) is 6.54 Å². The molecule has 0 heterocycles. The lowest BCUT2D eigenvalue weighted by molar-refractivity contribution is 0.0526. The Morgan fingerprint density at radius 2 is 1.61 bits per heavy atom. The molecule has 0 amide bonds. The van der Waals surface area contributed by atoms with Gasteiger partial charge in [0.05, 0.1) is 22.8 Å². The fraction of sp³-hybridized carbons (Fsp3) is 0.235. The number of benzene rings is 2. The number of nitrogens with zero attached hydrogens (tertiary/aromatic N) is 1. The lowest BCUT2D eigenvalue weighted by atomic mass is 10.2. The number of carbonyl (C=O) groups is 1. The number of hydrogen-bond acceptors (Lipinski definition) is 4. The van der Waals surface area contributed by atoms with Crippen LogP contribution >= 0.6 is 0 Å². The Balaban J connectivity index is 2.33. The van der Waals surface area contributed by atoms with Crippen LogP contribution in [0.15, 0.2) is 59.5 Å². The zero-order chi connectivity index (χ0) is 16.9. The van der Waals surface area contributed by atoms with E-state index in [1.54, 1.807) is 68.4 Å². The molecule has 0 N–H and O–H groups in total. The Hall–Kier alpha value is -2.34. The van der Waals surface area contributed by atoms with Gasteiger partial charge in [0.15, 0.2) is 0 Å². The molecule has 0 spiro atoms. The van der Waals surface area contributed by atoms with Crippen LogP contribution in [0.4, 0.5) is 5.69 Å². The first-order valence-electron chi connectivity index (χ1n) is 7.35. The number of carbonyl (C=O) groups excluding carboxylic acids is 1. The molecule has 0 radical (unpaired) electrons. The van der Waals surface area contributed by atoms with Crippen LogP contribution in [0, 0.1) is 0 Å². The Labute approximate surface area is 136 Å². The van der Waals surface area contributed by atoms with E-state index in [9.17, 15) is 13.2 Å². The number of sulfonamides is 1. The zero-order valence-corrected chi connectivity index (χ0v) is 13.9. The first-order chi connectivity index (χ1) is 11.0. The van der Waals surface area contributed by atoms with Gasteiger partial charge in [-0.3, -0.25) is 4.31 Å². The second-order valence-electron chi connectivity index (χ2n) is 4.75. The minimum Gasteiger partial charge on any atom is -0.462 e. The van der Waals surface area contributed by atoms with E-state index in [1.165, 1.54) is 4.31 Å². The molecule has 5 nitrogen and oxygen atoms in total. The van der Waals surface area contributed by atoms with Crippen LogP contribution in [-0.4, -0.2) is 27.5 Å². The van der Waals surface area contributed by atoms with Crippen LogP contribution < -0.4 is 4.31 Å². The van der Waals surface area contributed by atoms with E-state index < -0.39 is 16.0 Å². The summed E-state index contributed by atoms with van der Waals surface area (Å²) in [7, 11) is -3.63. The maximum absolute atomic E-state index is 12.7. The van der Waals surface area contributed by atoms with Gasteiger partial charge in [0.25, 0.3) is 10.0 Å². The quantitative estimate of drug-likeness (QED) is 0.762. The zero-order valence-electron chi connectivity index (χ0n) is 13.1. The SMILES string of the molecule is CCOC(=O)c1ccc(N(CC)S(=O)(=O)c2ccccc2)cc1. The summed E-state index contributed by atoms with van der Waals surface area (Å²) in [5, 5.41) is 0. The maximum Gasteiger partial charge on any atom is 0.338 e. The summed E-state index contributed by atoms with van der Waals surface area (Å²) in [6.45, 7) is 4.08. The van der Waals surface area contributed by atoms with Crippen LogP contribution in [0.1, 0.15) is 24.2 Å². The van der Waals surface area contributed by atoms with Crippen LogP contribution in [0.25, 0.3) is 0 Å². The van der Waals surface area contributed by atoms with Gasteiger partial charge in [-0.25, -0.2) is 13.2 Å². The third kappa shape index (κ3) is 3.71. The Morgan fingerprint density at radius 3 is 2.13 bits per heavy atom. The largest absolute Gasteiger partial charge is 0.462 e. The number of anilines is 1. The lowest BCUT2D eigenvalue weighted by Gasteiger charge is -2.23. The average Bonchev–Trinajstić information content (AvgIpc) is 2.57. The summed E-state index contributed by atoms with van der Waals surface area (Å²) < 4.78 is 31.7. The van der Waals surface area contributed by atoms with E-state index in [2.05, 4.69) is 0 Å². The van der Waals surface area contributed by atoms with E-state index in [0.29, 0.717) is 17.9 Å². The highest BCUT2D eigenvalue weighted by Gasteiger charge is 2.23. The smallest absolute Gasteiger partial charge is 0.338 e. The topological polar surface area (TPSA) is 63.7 Å². The van der Waals surface area contributed by atoms with E-state index in [0.717, 1.165) is 0 Å². The second-order valence-corrected chi connectivity index (χ2v) is 6.61. The normalized spacial score (nSPS) is 11.0. The van der Waals surface area contributed by atoms with Gasteiger partial charge < -0.3 is 4.74 Å². The molecule has 0 aliphatic rings. The molecule has 0 bridgehead atoms. The van der Waals surface area contributed by atoms with Crippen LogP contribution in [0.2, 0.25) is 0 Å². The van der Waals surface area contributed by atoms with Crippen molar-refractivity contribution in [2.75, 3.05) is 17.5 Å². The molecule has 0 fully saturated rings. The molecule has 0 aromatic heterocycles. The standard InChI is InChI=1S/C17H19NO4S/c1-3-18(23(20,21)16-8-6-5-7-9-16)15-12-10-14(11-13-15)17(19)22-4-2/h5-13H,3-4H2,1-2H3. The van der Waals surface area contributed by atoms with Crippen molar-refractivity contribution in [3.05, 3.63) is 60.2 Å². The van der Waals surface area contributed by atoms with Crippen molar-refractivity contribution < 1.29 is 17.9 Å². The predicted molar refractivity (Wildman–Crippen MR) is 89.0 cm³/mol. The summed E-state index contributed by atoms with van der Waals surface area (Å²) in [6, 6.07) is 14.6. The van der Waals surface area contributed by atoms with Crippen molar-refractivity contribution >= 4 is 21.7 Å². The first-order valence-corrected chi connectivity index (χ1v) is 8.79. The molecule has 2 aromatic rings. The van der Waals surface area contributed by atoms with Crippen molar-refractivity contribution in [2.24, 2.45) is 0 Å². The third-order valence-corrected chi connectivity index (χ3v) is 5.20. The molecule has 6 heteroatoms. The van der Waals surface area contributed by atoms with Crippen molar-refractivity contribution in [3.63, 3.8) is 0 Å². The highest BCUT2D eigenvalue weighted by Crippen LogP contribution is 2.23. The number of esters is 1. The van der Waals surface area contributed by atoms with Gasteiger partial charge in [-0.15, -0.1) is 0 Å². The van der Waals surface area contributed by atoms with E-state index in [4.69, 9.17) is 4.74 Å². The fourth-order valence-corrected chi connectivity index (χ4v) is 3.68. The maximum atomic E-state index is 12.7. The molecular weight excluding hydrogens is 314 g/mol. The Bertz CT molecular complexity index is 755. The van der Waals surface area contributed by atoms with Gasteiger partial charge in [0.1, 0.15) is 0 Å². The molecular formula is C17H19NO4S. The summed E-state index contributed by atoms with van der Waals surface area (Å²) in [5.74, 6) is -0.423. The highest BCUT2D eigenvalue weighted by atomic mass is 32.2. The van der Waals surface area contributed by atoms with Gasteiger partial charge in [-0.1, -0.05) is 18.2 Å². The average molecular weight is 333 g/mol. The molecule has 0 saturated carbocycles. The van der Waals surface area contributed by atoms with Crippen molar-refractivity contribution in [1.82, 2.24) is 0 Å². The third-order valence-electron chi connectivity index (χ3n) is 3.28. The molecule has 0 saturated heterocycles. The fourth-order valence-electron chi connectivity index (χ4n) is 2.19. The predicted octanol–water partition coefficient (Wildman–Crippen LogP) is 3.08. The summed E-state index contributed by atoms with van der Waals surface area (Å²) >= 11 is 0. The molecule has 122 valence electrons. The number of ether oxygens (including phenoxy) is 1. The lowest BCUT2D eigenvalue weighted by Crippen LogP contribution is -2.30. The Morgan fingerprint density at radius 1 is 1.00 bits per heavy atom. The molecule has 0 aliphatic heterocycles. The summed E-state index contributed by atoms with van der Waals surface area (Å²) in [5.41, 5.74) is 0.896. The Kier molecular flexibility index (Phi) is 5.39. The first kappa shape index (κ1) is 17.0. The highest BCUT2D eigenvalue weighted by molar-refractivity contribution is 7.92. The minimum absolute atomic E-state index is 0.233. The molecule has 0 aliphatic carbocycles. The molecule has 0 unspecified atom stereocenters. The minimum atomic E-state index is -3.63. The summed E-state index contributed by atoms with van der Waals surface area (Å²) in [4.78, 5) is 11.9. The van der Waals surface area contributed by atoms with Crippen LogP contribution in [-0.2, 0) is 14.8 Å².